The van der Waals surface area contributed by atoms with E-state index in [-0.39, 0.29) is 29.2 Å². The Bertz CT molecular complexity index is 1020. The molecule has 1 aromatic carbocycles. The molecule has 1 aliphatic heterocycles. The number of amides is 1. The number of hydrogen-bond acceptors (Lipinski definition) is 5. The Labute approximate surface area is 196 Å². The number of aromatic nitrogens is 2. The van der Waals surface area contributed by atoms with E-state index < -0.39 is 11.5 Å². The van der Waals surface area contributed by atoms with Gasteiger partial charge in [-0.2, -0.15) is 0 Å². The number of carbonyl (C=O) groups excluding carboxylic acids is 1. The summed E-state index contributed by atoms with van der Waals surface area (Å²) in [6.45, 7) is 12.1. The van der Waals surface area contributed by atoms with E-state index in [2.05, 4.69) is 30.7 Å². The molecule has 0 spiro atoms. The summed E-state index contributed by atoms with van der Waals surface area (Å²) in [5, 5.41) is 10.5. The van der Waals surface area contributed by atoms with Crippen LogP contribution in [0, 0.1) is 5.92 Å². The van der Waals surface area contributed by atoms with E-state index in [0.717, 1.165) is 5.56 Å². The molecule has 178 valence electrons. The summed E-state index contributed by atoms with van der Waals surface area (Å²) in [6, 6.07) is 5.04. The van der Waals surface area contributed by atoms with Crippen molar-refractivity contribution in [2.75, 3.05) is 7.11 Å². The van der Waals surface area contributed by atoms with Crippen LogP contribution in [0.3, 0.4) is 0 Å². The molecule has 3 rings (SSSR count). The van der Waals surface area contributed by atoms with Gasteiger partial charge < -0.3 is 14.7 Å². The molecule has 1 aliphatic rings. The molecule has 3 atom stereocenters. The third kappa shape index (κ3) is 4.59. The number of likely N-dealkylation sites (tertiary alicyclic amines) is 1. The lowest BCUT2D eigenvalue weighted by Crippen LogP contribution is -2.56. The molecule has 0 saturated carbocycles. The summed E-state index contributed by atoms with van der Waals surface area (Å²) in [5.41, 5.74) is 0.618. The molecule has 1 aromatic heterocycles. The van der Waals surface area contributed by atoms with Gasteiger partial charge in [-0.25, -0.2) is 4.79 Å². The summed E-state index contributed by atoms with van der Waals surface area (Å²) >= 11 is 0. The van der Waals surface area contributed by atoms with E-state index in [1.807, 2.05) is 26.8 Å². The quantitative estimate of drug-likeness (QED) is 0.683. The minimum Gasteiger partial charge on any atom is -0.496 e. The zero-order valence-corrected chi connectivity index (χ0v) is 20.6. The average molecular weight is 454 g/mol. The molecule has 2 aromatic rings. The van der Waals surface area contributed by atoms with Crippen LogP contribution in [0.1, 0.15) is 81.9 Å². The maximum absolute atomic E-state index is 13.9. The van der Waals surface area contributed by atoms with Gasteiger partial charge in [0.1, 0.15) is 11.3 Å². The lowest BCUT2D eigenvalue weighted by atomic mass is 9.83. The topological polar surface area (TPSA) is 92.6 Å². The van der Waals surface area contributed by atoms with Crippen molar-refractivity contribution in [3.05, 3.63) is 53.6 Å². The Morgan fingerprint density at radius 3 is 2.48 bits per heavy atom. The number of carbonyl (C=O) groups is 2. The zero-order chi connectivity index (χ0) is 24.6. The van der Waals surface area contributed by atoms with Crippen LogP contribution in [0.2, 0.25) is 0 Å². The fraction of sp³-hybridized carbons (Fsp3) is 0.538. The van der Waals surface area contributed by atoms with Crippen molar-refractivity contribution < 1.29 is 19.4 Å². The fourth-order valence-corrected chi connectivity index (χ4v) is 5.15. The van der Waals surface area contributed by atoms with Gasteiger partial charge >= 0.3 is 5.97 Å². The average Bonchev–Trinajstić information content (AvgIpc) is 3.05. The molecule has 2 heterocycles. The monoisotopic (exact) mass is 453 g/mol. The lowest BCUT2D eigenvalue weighted by molar-refractivity contribution is -0.150. The first kappa shape index (κ1) is 24.7. The number of benzene rings is 1. The van der Waals surface area contributed by atoms with Crippen molar-refractivity contribution in [3.8, 4) is 5.75 Å². The summed E-state index contributed by atoms with van der Waals surface area (Å²) in [5.74, 6) is -0.817. The summed E-state index contributed by atoms with van der Waals surface area (Å²) < 4.78 is 5.60. The molecule has 0 aliphatic carbocycles. The number of methoxy groups -OCH3 is 1. The van der Waals surface area contributed by atoms with Gasteiger partial charge in [-0.05, 0) is 48.8 Å². The van der Waals surface area contributed by atoms with E-state index in [4.69, 9.17) is 4.74 Å². The molecule has 1 fully saturated rings. The maximum Gasteiger partial charge on any atom is 0.329 e. The molecule has 0 bridgehead atoms. The lowest BCUT2D eigenvalue weighted by Gasteiger charge is -2.38. The zero-order valence-electron chi connectivity index (χ0n) is 20.6. The van der Waals surface area contributed by atoms with Gasteiger partial charge in [0, 0.05) is 36.1 Å². The fourth-order valence-electron chi connectivity index (χ4n) is 5.15. The Hall–Kier alpha value is -2.96. The van der Waals surface area contributed by atoms with Gasteiger partial charge in [-0.3, -0.25) is 14.8 Å². The molecular formula is C26H35N3O4. The van der Waals surface area contributed by atoms with Gasteiger partial charge in [0.15, 0.2) is 0 Å². The molecule has 1 amide bonds. The van der Waals surface area contributed by atoms with Crippen LogP contribution in [-0.2, 0) is 10.2 Å². The number of aliphatic carboxylic acids is 1. The Balaban J connectivity index is 2.12. The van der Waals surface area contributed by atoms with Gasteiger partial charge in [-0.15, -0.1) is 0 Å². The van der Waals surface area contributed by atoms with Crippen molar-refractivity contribution >= 4 is 11.9 Å². The van der Waals surface area contributed by atoms with Crippen molar-refractivity contribution in [1.29, 1.82) is 0 Å². The summed E-state index contributed by atoms with van der Waals surface area (Å²) in [6.07, 6.45) is 5.51. The van der Waals surface area contributed by atoms with Crippen LogP contribution in [0.25, 0.3) is 0 Å². The normalized spacial score (nSPS) is 23.1. The van der Waals surface area contributed by atoms with Crippen LogP contribution in [0.4, 0.5) is 0 Å². The van der Waals surface area contributed by atoms with E-state index >= 15 is 0 Å². The molecule has 0 radical (unpaired) electrons. The first-order valence-corrected chi connectivity index (χ1v) is 11.4. The van der Waals surface area contributed by atoms with Gasteiger partial charge in [0.05, 0.1) is 12.8 Å². The second kappa shape index (κ2) is 9.12. The van der Waals surface area contributed by atoms with Crippen LogP contribution < -0.4 is 4.74 Å². The standard InChI is InChI=1S/C26H35N3O4/c1-16(2)13-26(24(31)32)14-19(21-15-27-10-11-28-21)17(3)29(26)23(30)18-8-9-20(25(4,5)6)22(12-18)33-7/h8-12,15-17,19H,13-14H2,1-7H3,(H,31,32)/t17?,19-,26-/m0/s1. The Morgan fingerprint density at radius 2 is 1.97 bits per heavy atom. The molecule has 7 nitrogen and oxygen atoms in total. The maximum atomic E-state index is 13.9. The number of nitrogens with zero attached hydrogens (tertiary/aromatic N) is 3. The SMILES string of the molecule is COc1cc(C(=O)N2C(C)[C@@H](c3cnccn3)C[C@@]2(CC(C)C)C(=O)O)ccc1C(C)(C)C. The third-order valence-corrected chi connectivity index (χ3v) is 6.59. The highest BCUT2D eigenvalue weighted by molar-refractivity contribution is 5.99. The predicted octanol–water partition coefficient (Wildman–Crippen LogP) is 4.67. The molecule has 7 heteroatoms. The molecule has 1 N–H and O–H groups in total. The minimum atomic E-state index is -1.33. The van der Waals surface area contributed by atoms with Crippen LogP contribution >= 0.6 is 0 Å². The predicted molar refractivity (Wildman–Crippen MR) is 127 cm³/mol. The number of carboxylic acid groups (broad SMARTS) is 1. The van der Waals surface area contributed by atoms with Crippen molar-refractivity contribution in [2.24, 2.45) is 5.92 Å². The summed E-state index contributed by atoms with van der Waals surface area (Å²) in [4.78, 5) is 36.9. The van der Waals surface area contributed by atoms with Gasteiger partial charge in [-0.1, -0.05) is 40.7 Å². The number of rotatable bonds is 6. The van der Waals surface area contributed by atoms with Crippen molar-refractivity contribution in [2.45, 2.75) is 77.3 Å². The number of hydrogen-bond donors (Lipinski definition) is 1. The largest absolute Gasteiger partial charge is 0.496 e. The smallest absolute Gasteiger partial charge is 0.329 e. The van der Waals surface area contributed by atoms with Crippen LogP contribution in [0.5, 0.6) is 5.75 Å². The highest BCUT2D eigenvalue weighted by atomic mass is 16.5. The Kier molecular flexibility index (Phi) is 6.82. The Morgan fingerprint density at radius 1 is 1.27 bits per heavy atom. The summed E-state index contributed by atoms with van der Waals surface area (Å²) in [7, 11) is 1.59. The van der Waals surface area contributed by atoms with E-state index in [9.17, 15) is 14.7 Å². The molecule has 1 saturated heterocycles. The first-order chi connectivity index (χ1) is 15.4. The number of carboxylic acids is 1. The molecular weight excluding hydrogens is 418 g/mol. The van der Waals surface area contributed by atoms with Crippen LogP contribution in [0.15, 0.2) is 36.8 Å². The van der Waals surface area contributed by atoms with Crippen molar-refractivity contribution in [1.82, 2.24) is 14.9 Å². The minimum absolute atomic E-state index is 0.0852. The van der Waals surface area contributed by atoms with E-state index in [1.165, 1.54) is 0 Å². The second-order valence-corrected chi connectivity index (χ2v) is 10.5. The highest BCUT2D eigenvalue weighted by Gasteiger charge is 2.57. The molecule has 33 heavy (non-hydrogen) atoms. The van der Waals surface area contributed by atoms with Gasteiger partial charge in [0.2, 0.25) is 0 Å². The van der Waals surface area contributed by atoms with Gasteiger partial charge in [0.25, 0.3) is 5.91 Å². The van der Waals surface area contributed by atoms with E-state index in [0.29, 0.717) is 29.8 Å². The van der Waals surface area contributed by atoms with Crippen molar-refractivity contribution in [3.63, 3.8) is 0 Å². The third-order valence-electron chi connectivity index (χ3n) is 6.59. The highest BCUT2D eigenvalue weighted by Crippen LogP contribution is 2.47. The first-order valence-electron chi connectivity index (χ1n) is 11.4. The van der Waals surface area contributed by atoms with E-state index in [1.54, 1.807) is 42.7 Å². The van der Waals surface area contributed by atoms with Crippen LogP contribution in [-0.4, -0.2) is 50.5 Å². The number of ether oxygens (including phenoxy) is 1. The molecule has 1 unspecified atom stereocenters. The second-order valence-electron chi connectivity index (χ2n) is 10.5.